The van der Waals surface area contributed by atoms with Crippen LogP contribution >= 0.6 is 43.5 Å². The van der Waals surface area contributed by atoms with E-state index in [0.717, 1.165) is 26.6 Å². The predicted molar refractivity (Wildman–Crippen MR) is 79.2 cm³/mol. The van der Waals surface area contributed by atoms with Gasteiger partial charge < -0.3 is 5.73 Å². The van der Waals surface area contributed by atoms with Gasteiger partial charge in [0.2, 0.25) is 0 Å². The average Bonchev–Trinajstić information content (AvgIpc) is 2.33. The van der Waals surface area contributed by atoms with Gasteiger partial charge in [0, 0.05) is 14.0 Å². The van der Waals surface area contributed by atoms with Crippen LogP contribution in [0.1, 0.15) is 17.2 Å². The van der Waals surface area contributed by atoms with Crippen molar-refractivity contribution in [3.63, 3.8) is 0 Å². The number of benzene rings is 2. The molecule has 0 radical (unpaired) electrons. The van der Waals surface area contributed by atoms with Crippen molar-refractivity contribution < 1.29 is 8.78 Å². The van der Waals surface area contributed by atoms with Gasteiger partial charge in [0.15, 0.2) is 11.6 Å². The molecule has 2 rings (SSSR count). The molecule has 0 bridgehead atoms. The zero-order valence-corrected chi connectivity index (χ0v) is 13.4. The molecule has 1 nitrogen and oxygen atoms in total. The molecular weight excluding hydrogens is 403 g/mol. The van der Waals surface area contributed by atoms with Crippen LogP contribution in [0.25, 0.3) is 0 Å². The lowest BCUT2D eigenvalue weighted by molar-refractivity contribution is 0.506. The molecule has 0 amide bonds. The lowest BCUT2D eigenvalue weighted by atomic mass is 9.99. The Morgan fingerprint density at radius 1 is 1.00 bits per heavy atom. The van der Waals surface area contributed by atoms with Gasteiger partial charge in [-0.3, -0.25) is 0 Å². The summed E-state index contributed by atoms with van der Waals surface area (Å²) in [5.74, 6) is -1.96. The average molecular weight is 411 g/mol. The minimum Gasteiger partial charge on any atom is -0.320 e. The lowest BCUT2D eigenvalue weighted by Crippen LogP contribution is -2.13. The molecule has 100 valence electrons. The van der Waals surface area contributed by atoms with Crippen LogP contribution in [0, 0.1) is 11.6 Å². The molecule has 0 aliphatic rings. The second-order valence-electron chi connectivity index (χ2n) is 3.93. The molecule has 0 aliphatic carbocycles. The van der Waals surface area contributed by atoms with Crippen LogP contribution in [0.15, 0.2) is 39.3 Å². The fourth-order valence-corrected chi connectivity index (χ4v) is 3.26. The quantitative estimate of drug-likeness (QED) is 0.676. The highest BCUT2D eigenvalue weighted by molar-refractivity contribution is 9.11. The van der Waals surface area contributed by atoms with Crippen molar-refractivity contribution in [3.05, 3.63) is 67.1 Å². The Hall–Kier alpha value is -0.490. The molecule has 0 aromatic heterocycles. The van der Waals surface area contributed by atoms with Gasteiger partial charge in [-0.1, -0.05) is 49.5 Å². The summed E-state index contributed by atoms with van der Waals surface area (Å²) < 4.78 is 28.0. The molecule has 1 atom stereocenters. The summed E-state index contributed by atoms with van der Waals surface area (Å²) in [5, 5.41) is 0.0984. The highest BCUT2D eigenvalue weighted by Crippen LogP contribution is 2.33. The standard InChI is InChI=1S/C13H8Br2ClF2N/c14-6-1-2-7(9(15)3-6)13(19)8-4-11(17)12(18)5-10(8)16/h1-5,13H,19H2. The smallest absolute Gasteiger partial charge is 0.160 e. The first-order chi connectivity index (χ1) is 8.90. The van der Waals surface area contributed by atoms with Crippen molar-refractivity contribution in [2.45, 2.75) is 6.04 Å². The van der Waals surface area contributed by atoms with E-state index in [4.69, 9.17) is 17.3 Å². The largest absolute Gasteiger partial charge is 0.320 e. The Morgan fingerprint density at radius 2 is 1.63 bits per heavy atom. The molecule has 0 spiro atoms. The van der Waals surface area contributed by atoms with Crippen LogP contribution in [0.2, 0.25) is 5.02 Å². The van der Waals surface area contributed by atoms with Crippen molar-refractivity contribution in [3.8, 4) is 0 Å². The molecular formula is C13H8Br2ClF2N. The summed E-state index contributed by atoms with van der Waals surface area (Å²) in [6, 6.07) is 6.73. The molecule has 0 saturated carbocycles. The fourth-order valence-electron chi connectivity index (χ4n) is 1.70. The highest BCUT2D eigenvalue weighted by Gasteiger charge is 2.18. The topological polar surface area (TPSA) is 26.0 Å². The minimum atomic E-state index is -0.990. The Balaban J connectivity index is 2.49. The maximum atomic E-state index is 13.3. The summed E-state index contributed by atoms with van der Waals surface area (Å²) in [6.45, 7) is 0. The molecule has 6 heteroatoms. The van der Waals surface area contributed by atoms with Gasteiger partial charge in [-0.05, 0) is 35.4 Å². The highest BCUT2D eigenvalue weighted by atomic mass is 79.9. The molecule has 2 N–H and O–H groups in total. The maximum Gasteiger partial charge on any atom is 0.160 e. The predicted octanol–water partition coefficient (Wildman–Crippen LogP) is 5.19. The van der Waals surface area contributed by atoms with Crippen LogP contribution in [0.4, 0.5) is 8.78 Å². The van der Waals surface area contributed by atoms with Crippen LogP contribution in [-0.4, -0.2) is 0 Å². The molecule has 2 aromatic carbocycles. The second kappa shape index (κ2) is 5.87. The Bertz CT molecular complexity index is 634. The van der Waals surface area contributed by atoms with Crippen molar-refractivity contribution in [2.24, 2.45) is 5.73 Å². The van der Waals surface area contributed by atoms with E-state index >= 15 is 0 Å². The Kier molecular flexibility index (Phi) is 4.61. The summed E-state index contributed by atoms with van der Waals surface area (Å²) in [6.07, 6.45) is 0. The van der Waals surface area contributed by atoms with Gasteiger partial charge in [-0.15, -0.1) is 0 Å². The lowest BCUT2D eigenvalue weighted by Gasteiger charge is -2.16. The number of rotatable bonds is 2. The van der Waals surface area contributed by atoms with E-state index in [2.05, 4.69) is 31.9 Å². The van der Waals surface area contributed by atoms with E-state index in [1.165, 1.54) is 0 Å². The molecule has 1 unspecified atom stereocenters. The summed E-state index contributed by atoms with van der Waals surface area (Å²) in [7, 11) is 0. The Morgan fingerprint density at radius 3 is 2.26 bits per heavy atom. The van der Waals surface area contributed by atoms with Gasteiger partial charge in [0.05, 0.1) is 6.04 Å². The van der Waals surface area contributed by atoms with Crippen LogP contribution in [0.3, 0.4) is 0 Å². The zero-order chi connectivity index (χ0) is 14.2. The summed E-state index contributed by atoms with van der Waals surface area (Å²) in [5.41, 5.74) is 7.14. The van der Waals surface area contributed by atoms with Crippen LogP contribution < -0.4 is 5.73 Å². The molecule has 0 heterocycles. The minimum absolute atomic E-state index is 0.0984. The summed E-state index contributed by atoms with van der Waals surface area (Å²) in [4.78, 5) is 0. The fraction of sp³-hybridized carbons (Fsp3) is 0.0769. The molecule has 0 saturated heterocycles. The number of halogens is 5. The first-order valence-corrected chi connectivity index (χ1v) is 7.21. The van der Waals surface area contributed by atoms with Gasteiger partial charge in [-0.25, -0.2) is 8.78 Å². The van der Waals surface area contributed by atoms with Gasteiger partial charge in [-0.2, -0.15) is 0 Å². The van der Waals surface area contributed by atoms with E-state index in [1.807, 2.05) is 12.1 Å². The third-order valence-corrected chi connectivity index (χ3v) is 4.18. The zero-order valence-electron chi connectivity index (χ0n) is 9.43. The second-order valence-corrected chi connectivity index (χ2v) is 6.11. The normalized spacial score (nSPS) is 12.5. The van der Waals surface area contributed by atoms with E-state index in [0.29, 0.717) is 5.56 Å². The van der Waals surface area contributed by atoms with Gasteiger partial charge in [0.25, 0.3) is 0 Å². The number of nitrogens with two attached hydrogens (primary N) is 1. The number of hydrogen-bond donors (Lipinski definition) is 1. The van der Waals surface area contributed by atoms with E-state index in [1.54, 1.807) is 6.07 Å². The molecule has 19 heavy (non-hydrogen) atoms. The van der Waals surface area contributed by atoms with Gasteiger partial charge in [0.1, 0.15) is 0 Å². The van der Waals surface area contributed by atoms with E-state index in [9.17, 15) is 8.78 Å². The van der Waals surface area contributed by atoms with E-state index < -0.39 is 17.7 Å². The first-order valence-electron chi connectivity index (χ1n) is 5.25. The van der Waals surface area contributed by atoms with Crippen molar-refractivity contribution in [2.75, 3.05) is 0 Å². The van der Waals surface area contributed by atoms with Gasteiger partial charge >= 0.3 is 0 Å². The van der Waals surface area contributed by atoms with E-state index in [-0.39, 0.29) is 5.02 Å². The molecule has 2 aromatic rings. The molecule has 0 fully saturated rings. The first kappa shape index (κ1) is 14.9. The summed E-state index contributed by atoms with van der Waals surface area (Å²) >= 11 is 12.6. The SMILES string of the molecule is NC(c1cc(F)c(F)cc1Cl)c1ccc(Br)cc1Br. The monoisotopic (exact) mass is 409 g/mol. The van der Waals surface area contributed by atoms with Crippen molar-refractivity contribution in [1.29, 1.82) is 0 Å². The van der Waals surface area contributed by atoms with Crippen molar-refractivity contribution in [1.82, 2.24) is 0 Å². The third kappa shape index (κ3) is 3.16. The van der Waals surface area contributed by atoms with Crippen LogP contribution in [0.5, 0.6) is 0 Å². The number of hydrogen-bond acceptors (Lipinski definition) is 1. The van der Waals surface area contributed by atoms with Crippen LogP contribution in [-0.2, 0) is 0 Å². The van der Waals surface area contributed by atoms with Crippen molar-refractivity contribution >= 4 is 43.5 Å². The Labute approximate surface area is 131 Å². The third-order valence-electron chi connectivity index (χ3n) is 2.67. The molecule has 0 aliphatic heterocycles. The maximum absolute atomic E-state index is 13.3.